The topological polar surface area (TPSA) is 107 Å². The predicted molar refractivity (Wildman–Crippen MR) is 126 cm³/mol. The molecule has 32 heavy (non-hydrogen) atoms. The predicted octanol–water partition coefficient (Wildman–Crippen LogP) is 4.21. The van der Waals surface area contributed by atoms with Crippen LogP contribution in [0.4, 0.5) is 5.95 Å². The first-order valence-electron chi connectivity index (χ1n) is 9.72. The van der Waals surface area contributed by atoms with Gasteiger partial charge in [-0.15, -0.1) is 10.2 Å². The van der Waals surface area contributed by atoms with Crippen molar-refractivity contribution in [3.05, 3.63) is 96.1 Å². The number of aromatic nitrogens is 3. The lowest BCUT2D eigenvalue weighted by atomic mass is 10.2. The molecule has 0 unspecified atom stereocenters. The number of nitrogen functional groups attached to an aromatic ring is 1. The molecule has 160 valence electrons. The van der Waals surface area contributed by atoms with Gasteiger partial charge in [-0.25, -0.2) is 10.1 Å². The zero-order valence-corrected chi connectivity index (χ0v) is 17.8. The number of hydrogen-bond donors (Lipinski definition) is 2. The number of Topliss-reactive ketones (excluding diaryl/α,β-unsaturated/α-hetero) is 1. The van der Waals surface area contributed by atoms with E-state index < -0.39 is 0 Å². The first-order chi connectivity index (χ1) is 15.7. The van der Waals surface area contributed by atoms with E-state index in [-0.39, 0.29) is 17.5 Å². The Balaban J connectivity index is 1.34. The van der Waals surface area contributed by atoms with Crippen LogP contribution in [0, 0.1) is 0 Å². The summed E-state index contributed by atoms with van der Waals surface area (Å²) in [7, 11) is 0. The van der Waals surface area contributed by atoms with E-state index in [1.54, 1.807) is 18.3 Å². The molecule has 4 rings (SSSR count). The number of benzene rings is 3. The Morgan fingerprint density at radius 2 is 1.72 bits per heavy atom. The zero-order chi connectivity index (χ0) is 22.2. The molecule has 0 bridgehead atoms. The average Bonchev–Trinajstić information content (AvgIpc) is 3.18. The average molecular weight is 445 g/mol. The van der Waals surface area contributed by atoms with Crippen molar-refractivity contribution in [2.24, 2.45) is 5.10 Å². The van der Waals surface area contributed by atoms with Gasteiger partial charge in [-0.05, 0) is 29.8 Å². The van der Waals surface area contributed by atoms with Gasteiger partial charge in [0.25, 0.3) is 5.95 Å². The van der Waals surface area contributed by atoms with E-state index in [1.165, 1.54) is 16.4 Å². The smallest absolute Gasteiger partial charge is 0.264 e. The van der Waals surface area contributed by atoms with Crippen molar-refractivity contribution in [3.8, 4) is 11.5 Å². The van der Waals surface area contributed by atoms with Gasteiger partial charge in [0.05, 0.1) is 12.0 Å². The number of thioether (sulfide) groups is 1. The number of para-hydroxylation sites is 1. The Kier molecular flexibility index (Phi) is 6.78. The molecule has 0 aliphatic rings. The summed E-state index contributed by atoms with van der Waals surface area (Å²) in [5.74, 6) is 7.93. The quantitative estimate of drug-likeness (QED) is 0.131. The van der Waals surface area contributed by atoms with E-state index in [1.807, 2.05) is 72.8 Å². The molecule has 0 fully saturated rings. The fraction of sp³-hybridized carbons (Fsp3) is 0.0435. The van der Waals surface area contributed by atoms with Gasteiger partial charge in [-0.1, -0.05) is 72.4 Å². The minimum Gasteiger partial charge on any atom is -0.457 e. The van der Waals surface area contributed by atoms with Crippen LogP contribution in [0.1, 0.15) is 15.9 Å². The van der Waals surface area contributed by atoms with Crippen LogP contribution >= 0.6 is 11.8 Å². The minimum absolute atomic E-state index is 0.0104. The molecule has 0 atom stereocenters. The molecule has 1 aromatic heterocycles. The van der Waals surface area contributed by atoms with Crippen LogP contribution in [-0.2, 0) is 0 Å². The fourth-order valence-corrected chi connectivity index (χ4v) is 3.49. The van der Waals surface area contributed by atoms with E-state index in [4.69, 9.17) is 10.6 Å². The maximum atomic E-state index is 12.2. The number of carbonyl (C=O) groups excluding carboxylic acids is 1. The van der Waals surface area contributed by atoms with Gasteiger partial charge < -0.3 is 10.6 Å². The molecular weight excluding hydrogens is 424 g/mol. The van der Waals surface area contributed by atoms with E-state index in [0.717, 1.165) is 11.3 Å². The minimum atomic E-state index is -0.0104. The van der Waals surface area contributed by atoms with Crippen LogP contribution in [0.2, 0.25) is 0 Å². The molecule has 0 saturated heterocycles. The lowest BCUT2D eigenvalue weighted by Gasteiger charge is -2.06. The van der Waals surface area contributed by atoms with Crippen molar-refractivity contribution in [1.82, 2.24) is 14.9 Å². The normalized spacial score (nSPS) is 10.9. The molecular formula is C23H20N6O2S. The molecule has 0 amide bonds. The summed E-state index contributed by atoms with van der Waals surface area (Å²) in [6, 6.07) is 26.1. The molecule has 3 aromatic carbocycles. The molecule has 1 heterocycles. The number of nitrogens with zero attached hydrogens (tertiary/aromatic N) is 4. The molecule has 0 radical (unpaired) electrons. The van der Waals surface area contributed by atoms with Crippen molar-refractivity contribution < 1.29 is 9.53 Å². The second kappa shape index (κ2) is 10.3. The zero-order valence-electron chi connectivity index (χ0n) is 17.0. The number of anilines is 1. The molecule has 3 N–H and O–H groups in total. The summed E-state index contributed by atoms with van der Waals surface area (Å²) in [6.45, 7) is 0. The van der Waals surface area contributed by atoms with Crippen LogP contribution in [-0.4, -0.2) is 32.6 Å². The Hall–Kier alpha value is -4.11. The van der Waals surface area contributed by atoms with Gasteiger partial charge in [0.2, 0.25) is 5.16 Å². The van der Waals surface area contributed by atoms with Gasteiger partial charge in [0, 0.05) is 5.56 Å². The number of nitrogens with two attached hydrogens (primary N) is 1. The highest BCUT2D eigenvalue weighted by molar-refractivity contribution is 7.99. The van der Waals surface area contributed by atoms with Crippen LogP contribution < -0.4 is 16.0 Å². The first kappa shape index (κ1) is 21.1. The summed E-state index contributed by atoms with van der Waals surface area (Å²) < 4.78 is 7.08. The Morgan fingerprint density at radius 1 is 1.00 bits per heavy atom. The van der Waals surface area contributed by atoms with Crippen molar-refractivity contribution in [2.75, 3.05) is 17.0 Å². The third-order valence-corrected chi connectivity index (χ3v) is 5.25. The first-order valence-corrected chi connectivity index (χ1v) is 10.7. The lowest BCUT2D eigenvalue weighted by molar-refractivity contribution is 0.102. The maximum Gasteiger partial charge on any atom is 0.264 e. The second-order valence-corrected chi connectivity index (χ2v) is 7.55. The van der Waals surface area contributed by atoms with Gasteiger partial charge in [-0.3, -0.25) is 4.79 Å². The van der Waals surface area contributed by atoms with Crippen LogP contribution in [0.15, 0.2) is 95.2 Å². The Morgan fingerprint density at radius 3 is 2.50 bits per heavy atom. The second-order valence-electron chi connectivity index (χ2n) is 6.61. The third-order valence-electron chi connectivity index (χ3n) is 4.31. The van der Waals surface area contributed by atoms with Crippen molar-refractivity contribution >= 4 is 29.7 Å². The lowest BCUT2D eigenvalue weighted by Crippen LogP contribution is -2.14. The Labute approximate surface area is 189 Å². The number of rotatable bonds is 9. The summed E-state index contributed by atoms with van der Waals surface area (Å²) >= 11 is 1.21. The highest BCUT2D eigenvalue weighted by Crippen LogP contribution is 2.21. The number of ether oxygens (including phenoxy) is 1. The van der Waals surface area contributed by atoms with E-state index in [0.29, 0.717) is 16.5 Å². The maximum absolute atomic E-state index is 12.2. The molecule has 9 heteroatoms. The van der Waals surface area contributed by atoms with Crippen molar-refractivity contribution in [1.29, 1.82) is 0 Å². The van der Waals surface area contributed by atoms with Gasteiger partial charge in [-0.2, -0.15) is 5.10 Å². The molecule has 8 nitrogen and oxygen atoms in total. The van der Waals surface area contributed by atoms with Crippen LogP contribution in [0.3, 0.4) is 0 Å². The Bertz CT molecular complexity index is 1210. The largest absolute Gasteiger partial charge is 0.457 e. The standard InChI is InChI=1S/C23H20N6O2S/c24-29-22(27-28-23(29)32-16-21(30)18-9-3-1-4-10-18)26-25-15-17-8-7-13-20(14-17)31-19-11-5-2-6-12-19/h1-15H,16,24H2,(H,26,27)/b25-15+. The molecule has 4 aromatic rings. The summed E-state index contributed by atoms with van der Waals surface area (Å²) in [5, 5.41) is 12.6. The van der Waals surface area contributed by atoms with Gasteiger partial charge in [0.15, 0.2) is 5.78 Å². The molecule has 0 saturated carbocycles. The highest BCUT2D eigenvalue weighted by Gasteiger charge is 2.12. The molecule has 0 aliphatic carbocycles. The number of carbonyl (C=O) groups is 1. The van der Waals surface area contributed by atoms with E-state index in [2.05, 4.69) is 20.7 Å². The molecule has 0 spiro atoms. The van der Waals surface area contributed by atoms with Crippen LogP contribution in [0.25, 0.3) is 0 Å². The third kappa shape index (κ3) is 5.52. The summed E-state index contributed by atoms with van der Waals surface area (Å²) in [6.07, 6.45) is 1.62. The van der Waals surface area contributed by atoms with Crippen LogP contribution in [0.5, 0.6) is 11.5 Å². The monoisotopic (exact) mass is 444 g/mol. The van der Waals surface area contributed by atoms with Crippen molar-refractivity contribution in [2.45, 2.75) is 5.16 Å². The molecule has 0 aliphatic heterocycles. The van der Waals surface area contributed by atoms with Gasteiger partial charge in [0.1, 0.15) is 11.5 Å². The number of hydrogen-bond acceptors (Lipinski definition) is 8. The van der Waals surface area contributed by atoms with Gasteiger partial charge >= 0.3 is 0 Å². The highest BCUT2D eigenvalue weighted by atomic mass is 32.2. The number of hydrazone groups is 1. The van der Waals surface area contributed by atoms with E-state index >= 15 is 0 Å². The van der Waals surface area contributed by atoms with E-state index in [9.17, 15) is 4.79 Å². The number of nitrogens with one attached hydrogen (secondary N) is 1. The SMILES string of the molecule is Nn1c(N/N=C/c2cccc(Oc3ccccc3)c2)nnc1SCC(=O)c1ccccc1. The summed E-state index contributed by atoms with van der Waals surface area (Å²) in [5.41, 5.74) is 4.24. The van der Waals surface area contributed by atoms with Crippen molar-refractivity contribution in [3.63, 3.8) is 0 Å². The summed E-state index contributed by atoms with van der Waals surface area (Å²) in [4.78, 5) is 12.2. The number of ketones is 1. The fourth-order valence-electron chi connectivity index (χ4n) is 2.74.